The van der Waals surface area contributed by atoms with Crippen LogP contribution in [0.5, 0.6) is 0 Å². The lowest BCUT2D eigenvalue weighted by atomic mass is 9.99. The third-order valence-corrected chi connectivity index (χ3v) is 3.04. The third-order valence-electron chi connectivity index (χ3n) is 2.38. The molecule has 0 bridgehead atoms. The van der Waals surface area contributed by atoms with E-state index in [2.05, 4.69) is 13.5 Å². The van der Waals surface area contributed by atoms with Gasteiger partial charge in [0, 0.05) is 21.7 Å². The second-order valence-corrected chi connectivity index (χ2v) is 4.36. The van der Waals surface area contributed by atoms with Gasteiger partial charge >= 0.3 is 0 Å². The molecule has 15 heavy (non-hydrogen) atoms. The lowest BCUT2D eigenvalue weighted by Gasteiger charge is -2.16. The molecule has 0 fully saturated rings. The Labute approximate surface area is 101 Å². The highest BCUT2D eigenvalue weighted by Gasteiger charge is 2.14. The van der Waals surface area contributed by atoms with Crippen LogP contribution in [0.3, 0.4) is 0 Å². The molecular weight excluding hydrogens is 229 g/mol. The molecular formula is C12H15Cl2N. The molecule has 1 nitrogen and oxygen atoms in total. The molecule has 0 amide bonds. The largest absolute Gasteiger partial charge is 0.324 e. The fraction of sp³-hybridized carbons (Fsp3) is 0.333. The van der Waals surface area contributed by atoms with Gasteiger partial charge in [0.1, 0.15) is 0 Å². The standard InChI is InChI=1S/C12H15Cl2N/c1-3-8(2)7-11(15)12-9(13)5-4-6-10(12)14/h4-6,11H,2-3,7,15H2,1H3. The Morgan fingerprint density at radius 1 is 1.40 bits per heavy atom. The first-order chi connectivity index (χ1) is 7.06. The number of rotatable bonds is 4. The predicted octanol–water partition coefficient (Wildman–Crippen LogP) is 4.35. The van der Waals surface area contributed by atoms with Crippen LogP contribution < -0.4 is 5.73 Å². The topological polar surface area (TPSA) is 26.0 Å². The summed E-state index contributed by atoms with van der Waals surface area (Å²) in [5, 5.41) is 1.25. The second-order valence-electron chi connectivity index (χ2n) is 3.55. The van der Waals surface area contributed by atoms with Crippen LogP contribution in [0.4, 0.5) is 0 Å². The van der Waals surface area contributed by atoms with Gasteiger partial charge in [-0.25, -0.2) is 0 Å². The summed E-state index contributed by atoms with van der Waals surface area (Å²) in [6.07, 6.45) is 1.65. The van der Waals surface area contributed by atoms with Gasteiger partial charge in [0.25, 0.3) is 0 Å². The number of halogens is 2. The third kappa shape index (κ3) is 3.23. The minimum Gasteiger partial charge on any atom is -0.324 e. The fourth-order valence-corrected chi connectivity index (χ4v) is 2.10. The summed E-state index contributed by atoms with van der Waals surface area (Å²) in [5.41, 5.74) is 7.97. The molecule has 0 radical (unpaired) electrons. The van der Waals surface area contributed by atoms with Crippen LogP contribution in [0, 0.1) is 0 Å². The smallest absolute Gasteiger partial charge is 0.0468 e. The van der Waals surface area contributed by atoms with E-state index in [-0.39, 0.29) is 6.04 Å². The molecule has 1 unspecified atom stereocenters. The maximum Gasteiger partial charge on any atom is 0.0468 e. The quantitative estimate of drug-likeness (QED) is 0.783. The van der Waals surface area contributed by atoms with Crippen molar-refractivity contribution in [2.24, 2.45) is 5.73 Å². The molecule has 0 saturated heterocycles. The van der Waals surface area contributed by atoms with E-state index in [9.17, 15) is 0 Å². The minimum absolute atomic E-state index is 0.168. The number of hydrogen-bond acceptors (Lipinski definition) is 1. The van der Waals surface area contributed by atoms with Crippen molar-refractivity contribution < 1.29 is 0 Å². The van der Waals surface area contributed by atoms with Crippen molar-refractivity contribution in [3.05, 3.63) is 46.0 Å². The van der Waals surface area contributed by atoms with Crippen molar-refractivity contribution in [1.29, 1.82) is 0 Å². The first-order valence-corrected chi connectivity index (χ1v) is 5.68. The molecule has 2 N–H and O–H groups in total. The zero-order valence-corrected chi connectivity index (χ0v) is 10.3. The monoisotopic (exact) mass is 243 g/mol. The molecule has 1 aromatic rings. The molecule has 0 aromatic heterocycles. The highest BCUT2D eigenvalue weighted by molar-refractivity contribution is 6.36. The fourth-order valence-electron chi connectivity index (χ4n) is 1.42. The molecule has 82 valence electrons. The summed E-state index contributed by atoms with van der Waals surface area (Å²) in [5.74, 6) is 0. The molecule has 0 aliphatic carbocycles. The Morgan fingerprint density at radius 2 is 1.93 bits per heavy atom. The van der Waals surface area contributed by atoms with E-state index in [1.165, 1.54) is 0 Å². The number of hydrogen-bond donors (Lipinski definition) is 1. The normalized spacial score (nSPS) is 12.5. The maximum atomic E-state index is 6.06. The van der Waals surface area contributed by atoms with Gasteiger partial charge in [-0.3, -0.25) is 0 Å². The molecule has 3 heteroatoms. The Kier molecular flexibility index (Phi) is 4.65. The van der Waals surface area contributed by atoms with E-state index in [0.29, 0.717) is 10.0 Å². The first-order valence-electron chi connectivity index (χ1n) is 4.92. The Balaban J connectivity index is 2.90. The van der Waals surface area contributed by atoms with Crippen molar-refractivity contribution in [3.8, 4) is 0 Å². The van der Waals surface area contributed by atoms with Gasteiger partial charge in [-0.05, 0) is 25.0 Å². The molecule has 0 saturated carbocycles. The van der Waals surface area contributed by atoms with Crippen LogP contribution in [-0.4, -0.2) is 0 Å². The van der Waals surface area contributed by atoms with Gasteiger partial charge in [0.15, 0.2) is 0 Å². The second kappa shape index (κ2) is 5.55. The molecule has 0 aliphatic heterocycles. The molecule has 0 spiro atoms. The van der Waals surface area contributed by atoms with Crippen molar-refractivity contribution in [3.63, 3.8) is 0 Å². The first kappa shape index (κ1) is 12.6. The van der Waals surface area contributed by atoms with Gasteiger partial charge in [-0.1, -0.05) is 48.3 Å². The SMILES string of the molecule is C=C(CC)CC(N)c1c(Cl)cccc1Cl. The van der Waals surface area contributed by atoms with E-state index in [1.54, 1.807) is 12.1 Å². The van der Waals surface area contributed by atoms with Crippen molar-refractivity contribution >= 4 is 23.2 Å². The highest BCUT2D eigenvalue weighted by atomic mass is 35.5. The summed E-state index contributed by atoms with van der Waals surface area (Å²) in [6, 6.07) is 5.25. The summed E-state index contributed by atoms with van der Waals surface area (Å²) in [4.78, 5) is 0. The molecule has 1 rings (SSSR count). The summed E-state index contributed by atoms with van der Waals surface area (Å²) in [7, 11) is 0. The Hall–Kier alpha value is -0.500. The van der Waals surface area contributed by atoms with E-state index in [4.69, 9.17) is 28.9 Å². The number of benzene rings is 1. The van der Waals surface area contributed by atoms with Gasteiger partial charge in [-0.15, -0.1) is 0 Å². The van der Waals surface area contributed by atoms with E-state index in [0.717, 1.165) is 24.0 Å². The van der Waals surface area contributed by atoms with Crippen LogP contribution in [0.15, 0.2) is 30.4 Å². The van der Waals surface area contributed by atoms with E-state index < -0.39 is 0 Å². The maximum absolute atomic E-state index is 6.06. The van der Waals surface area contributed by atoms with Gasteiger partial charge in [0.05, 0.1) is 0 Å². The highest BCUT2D eigenvalue weighted by Crippen LogP contribution is 2.32. The Morgan fingerprint density at radius 3 is 2.40 bits per heavy atom. The van der Waals surface area contributed by atoms with Crippen LogP contribution in [-0.2, 0) is 0 Å². The molecule has 1 aromatic carbocycles. The van der Waals surface area contributed by atoms with Crippen LogP contribution in [0.25, 0.3) is 0 Å². The van der Waals surface area contributed by atoms with Crippen LogP contribution in [0.1, 0.15) is 31.4 Å². The van der Waals surface area contributed by atoms with Crippen molar-refractivity contribution in [2.75, 3.05) is 0 Å². The Bertz CT molecular complexity index is 340. The summed E-state index contributed by atoms with van der Waals surface area (Å²) in [6.45, 7) is 5.99. The lowest BCUT2D eigenvalue weighted by Crippen LogP contribution is -2.12. The zero-order valence-electron chi connectivity index (χ0n) is 8.76. The van der Waals surface area contributed by atoms with Crippen molar-refractivity contribution in [1.82, 2.24) is 0 Å². The average molecular weight is 244 g/mol. The summed E-state index contributed by atoms with van der Waals surface area (Å²) < 4.78 is 0. The van der Waals surface area contributed by atoms with E-state index in [1.807, 2.05) is 6.07 Å². The van der Waals surface area contributed by atoms with Gasteiger partial charge in [-0.2, -0.15) is 0 Å². The van der Waals surface area contributed by atoms with E-state index >= 15 is 0 Å². The minimum atomic E-state index is -0.168. The van der Waals surface area contributed by atoms with Crippen LogP contribution in [0.2, 0.25) is 10.0 Å². The van der Waals surface area contributed by atoms with Crippen LogP contribution >= 0.6 is 23.2 Å². The van der Waals surface area contributed by atoms with Crippen molar-refractivity contribution in [2.45, 2.75) is 25.8 Å². The molecule has 0 aliphatic rings. The van der Waals surface area contributed by atoms with Gasteiger partial charge in [0.2, 0.25) is 0 Å². The van der Waals surface area contributed by atoms with Gasteiger partial charge < -0.3 is 5.73 Å². The summed E-state index contributed by atoms with van der Waals surface area (Å²) >= 11 is 12.1. The average Bonchev–Trinajstić information content (AvgIpc) is 2.17. The molecule has 1 atom stereocenters. The predicted molar refractivity (Wildman–Crippen MR) is 67.4 cm³/mol. The lowest BCUT2D eigenvalue weighted by molar-refractivity contribution is 0.702. The zero-order chi connectivity index (χ0) is 11.4. The number of nitrogens with two attached hydrogens (primary N) is 1. The molecule has 0 heterocycles.